The van der Waals surface area contributed by atoms with Crippen molar-refractivity contribution < 1.29 is 0 Å². The van der Waals surface area contributed by atoms with Gasteiger partial charge in [-0.1, -0.05) is 53.9 Å². The van der Waals surface area contributed by atoms with Crippen molar-refractivity contribution in [1.82, 2.24) is 5.32 Å². The molecule has 1 rings (SSSR count). The topological polar surface area (TPSA) is 12.0 Å². The molecule has 0 saturated heterocycles. The van der Waals surface area contributed by atoms with Crippen molar-refractivity contribution >= 4 is 15.9 Å². The van der Waals surface area contributed by atoms with Gasteiger partial charge in [0.05, 0.1) is 0 Å². The molecule has 0 heterocycles. The molecule has 0 aliphatic heterocycles. The van der Waals surface area contributed by atoms with E-state index in [1.807, 2.05) is 6.08 Å². The van der Waals surface area contributed by atoms with E-state index in [1.165, 1.54) is 37.7 Å². The van der Waals surface area contributed by atoms with Crippen molar-refractivity contribution in [2.45, 2.75) is 57.9 Å². The average Bonchev–Trinajstić information content (AvgIpc) is 2.46. The van der Waals surface area contributed by atoms with Gasteiger partial charge >= 0.3 is 0 Å². The fraction of sp³-hybridized carbons (Fsp3) is 0.556. The largest absolute Gasteiger partial charge is 0.314 e. The SMILES string of the molecule is C=CCCCCCC(Cc1ccc(Br)cc1)NCCC. The first kappa shape index (κ1) is 17.5. The molecule has 112 valence electrons. The van der Waals surface area contributed by atoms with E-state index in [-0.39, 0.29) is 0 Å². The summed E-state index contributed by atoms with van der Waals surface area (Å²) >= 11 is 3.50. The Hall–Kier alpha value is -0.600. The van der Waals surface area contributed by atoms with Crippen molar-refractivity contribution in [3.8, 4) is 0 Å². The summed E-state index contributed by atoms with van der Waals surface area (Å²) in [5.41, 5.74) is 1.42. The molecule has 0 aliphatic carbocycles. The number of rotatable bonds is 11. The van der Waals surface area contributed by atoms with E-state index in [9.17, 15) is 0 Å². The van der Waals surface area contributed by atoms with Crippen LogP contribution < -0.4 is 5.32 Å². The molecule has 1 unspecified atom stereocenters. The number of allylic oxidation sites excluding steroid dienone is 1. The lowest BCUT2D eigenvalue weighted by Gasteiger charge is -2.18. The molecule has 2 heteroatoms. The Labute approximate surface area is 133 Å². The minimum atomic E-state index is 0.611. The highest BCUT2D eigenvalue weighted by molar-refractivity contribution is 9.10. The Morgan fingerprint density at radius 3 is 2.60 bits per heavy atom. The molecule has 0 aliphatic rings. The zero-order valence-electron chi connectivity index (χ0n) is 12.7. The van der Waals surface area contributed by atoms with E-state index >= 15 is 0 Å². The van der Waals surface area contributed by atoms with Crippen LogP contribution in [-0.4, -0.2) is 12.6 Å². The van der Waals surface area contributed by atoms with Gasteiger partial charge in [0.1, 0.15) is 0 Å². The summed E-state index contributed by atoms with van der Waals surface area (Å²) in [5.74, 6) is 0. The van der Waals surface area contributed by atoms with E-state index in [0.29, 0.717) is 6.04 Å². The quantitative estimate of drug-likeness (QED) is 0.415. The highest BCUT2D eigenvalue weighted by Gasteiger charge is 2.08. The first-order chi connectivity index (χ1) is 9.76. The van der Waals surface area contributed by atoms with Gasteiger partial charge in [0.15, 0.2) is 0 Å². The highest BCUT2D eigenvalue weighted by atomic mass is 79.9. The molecule has 1 N–H and O–H groups in total. The van der Waals surface area contributed by atoms with Crippen molar-refractivity contribution in [3.05, 3.63) is 47.0 Å². The zero-order chi connectivity index (χ0) is 14.6. The number of nitrogens with one attached hydrogen (secondary N) is 1. The number of halogens is 1. The second-order valence-electron chi connectivity index (χ2n) is 5.41. The minimum Gasteiger partial charge on any atom is -0.314 e. The molecule has 1 aromatic rings. The second-order valence-corrected chi connectivity index (χ2v) is 6.32. The van der Waals surface area contributed by atoms with Crippen LogP contribution in [0.4, 0.5) is 0 Å². The zero-order valence-corrected chi connectivity index (χ0v) is 14.3. The molecule has 0 spiro atoms. The third kappa shape index (κ3) is 7.86. The molecule has 0 radical (unpaired) electrons. The van der Waals surface area contributed by atoms with Crippen LogP contribution in [0.2, 0.25) is 0 Å². The van der Waals surface area contributed by atoms with Gasteiger partial charge < -0.3 is 5.32 Å². The highest BCUT2D eigenvalue weighted by Crippen LogP contribution is 2.14. The molecular formula is C18H28BrN. The Morgan fingerprint density at radius 2 is 1.95 bits per heavy atom. The van der Waals surface area contributed by atoms with Crippen LogP contribution in [0.3, 0.4) is 0 Å². The summed E-state index contributed by atoms with van der Waals surface area (Å²) < 4.78 is 1.16. The Bertz CT molecular complexity index is 358. The number of unbranched alkanes of at least 4 members (excludes halogenated alkanes) is 3. The third-order valence-corrected chi connectivity index (χ3v) is 4.07. The van der Waals surface area contributed by atoms with Gasteiger partial charge in [0, 0.05) is 10.5 Å². The lowest BCUT2D eigenvalue weighted by molar-refractivity contribution is 0.454. The van der Waals surface area contributed by atoms with E-state index in [4.69, 9.17) is 0 Å². The summed E-state index contributed by atoms with van der Waals surface area (Å²) in [7, 11) is 0. The fourth-order valence-electron chi connectivity index (χ4n) is 2.39. The lowest BCUT2D eigenvalue weighted by atomic mass is 10.00. The van der Waals surface area contributed by atoms with Crippen LogP contribution in [0.1, 0.15) is 51.0 Å². The van der Waals surface area contributed by atoms with Gasteiger partial charge in [-0.2, -0.15) is 0 Å². The normalized spacial score (nSPS) is 12.3. The molecule has 0 saturated carbocycles. The molecule has 1 nitrogen and oxygen atoms in total. The molecule has 0 bridgehead atoms. The molecule has 0 amide bonds. The number of hydrogen-bond acceptors (Lipinski definition) is 1. The first-order valence-corrected chi connectivity index (χ1v) is 8.64. The van der Waals surface area contributed by atoms with Gasteiger partial charge in [-0.05, 0) is 56.3 Å². The van der Waals surface area contributed by atoms with Crippen molar-refractivity contribution in [2.24, 2.45) is 0 Å². The Morgan fingerprint density at radius 1 is 1.20 bits per heavy atom. The van der Waals surface area contributed by atoms with E-state index < -0.39 is 0 Å². The van der Waals surface area contributed by atoms with Crippen LogP contribution >= 0.6 is 15.9 Å². The predicted molar refractivity (Wildman–Crippen MR) is 93.2 cm³/mol. The fourth-order valence-corrected chi connectivity index (χ4v) is 2.65. The average molecular weight is 338 g/mol. The van der Waals surface area contributed by atoms with Crippen LogP contribution in [0.5, 0.6) is 0 Å². The van der Waals surface area contributed by atoms with Gasteiger partial charge in [-0.25, -0.2) is 0 Å². The third-order valence-electron chi connectivity index (χ3n) is 3.54. The summed E-state index contributed by atoms with van der Waals surface area (Å²) in [5, 5.41) is 3.69. The first-order valence-electron chi connectivity index (χ1n) is 7.85. The molecular weight excluding hydrogens is 310 g/mol. The molecule has 0 fully saturated rings. The van der Waals surface area contributed by atoms with E-state index in [0.717, 1.165) is 23.9 Å². The Balaban J connectivity index is 2.38. The summed E-state index contributed by atoms with van der Waals surface area (Å²) in [6.07, 6.45) is 10.7. The summed E-state index contributed by atoms with van der Waals surface area (Å²) in [6.45, 7) is 7.13. The minimum absolute atomic E-state index is 0.611. The maximum Gasteiger partial charge on any atom is 0.0175 e. The standard InChI is InChI=1S/C18H28BrN/c1-3-5-6-7-8-9-18(20-14-4-2)15-16-10-12-17(19)13-11-16/h3,10-13,18,20H,1,4-9,14-15H2,2H3. The molecule has 20 heavy (non-hydrogen) atoms. The van der Waals surface area contributed by atoms with Crippen molar-refractivity contribution in [2.75, 3.05) is 6.54 Å². The van der Waals surface area contributed by atoms with E-state index in [1.54, 1.807) is 0 Å². The second kappa shape index (κ2) is 11.1. The van der Waals surface area contributed by atoms with Crippen molar-refractivity contribution in [3.63, 3.8) is 0 Å². The smallest absolute Gasteiger partial charge is 0.0175 e. The van der Waals surface area contributed by atoms with Crippen LogP contribution in [-0.2, 0) is 6.42 Å². The van der Waals surface area contributed by atoms with Crippen LogP contribution in [0.25, 0.3) is 0 Å². The van der Waals surface area contributed by atoms with Crippen LogP contribution in [0.15, 0.2) is 41.4 Å². The molecule has 0 aromatic heterocycles. The summed E-state index contributed by atoms with van der Waals surface area (Å²) in [4.78, 5) is 0. The molecule has 1 aromatic carbocycles. The van der Waals surface area contributed by atoms with Gasteiger partial charge in [0.25, 0.3) is 0 Å². The van der Waals surface area contributed by atoms with E-state index in [2.05, 4.69) is 59.0 Å². The van der Waals surface area contributed by atoms with Gasteiger partial charge in [-0.15, -0.1) is 6.58 Å². The number of hydrogen-bond donors (Lipinski definition) is 1. The summed E-state index contributed by atoms with van der Waals surface area (Å²) in [6, 6.07) is 9.33. The Kier molecular flexibility index (Phi) is 9.69. The predicted octanol–water partition coefficient (Wildman–Crippen LogP) is 5.50. The molecule has 1 atom stereocenters. The maximum absolute atomic E-state index is 3.78. The van der Waals surface area contributed by atoms with Gasteiger partial charge in [0.2, 0.25) is 0 Å². The van der Waals surface area contributed by atoms with Gasteiger partial charge in [-0.3, -0.25) is 0 Å². The lowest BCUT2D eigenvalue weighted by Crippen LogP contribution is -2.31. The van der Waals surface area contributed by atoms with Crippen molar-refractivity contribution in [1.29, 1.82) is 0 Å². The number of benzene rings is 1. The monoisotopic (exact) mass is 337 g/mol. The maximum atomic E-state index is 3.78. The van der Waals surface area contributed by atoms with Crippen LogP contribution in [0, 0.1) is 0 Å².